The van der Waals surface area contributed by atoms with Crippen LogP contribution in [0.3, 0.4) is 0 Å². The normalized spacial score (nSPS) is 39.2. The third kappa shape index (κ3) is 2.26. The molecule has 0 aromatic carbocycles. The summed E-state index contributed by atoms with van der Waals surface area (Å²) in [6, 6.07) is 1.16. The fourth-order valence-electron chi connectivity index (χ4n) is 2.68. The van der Waals surface area contributed by atoms with Crippen LogP contribution in [0.4, 0.5) is 0 Å². The van der Waals surface area contributed by atoms with Gasteiger partial charge in [0.1, 0.15) is 0 Å². The highest BCUT2D eigenvalue weighted by atomic mass is 32.2. The average molecular weight is 215 g/mol. The molecule has 0 spiro atoms. The van der Waals surface area contributed by atoms with E-state index in [9.17, 15) is 5.11 Å². The zero-order valence-corrected chi connectivity index (χ0v) is 9.80. The van der Waals surface area contributed by atoms with Gasteiger partial charge >= 0.3 is 0 Å². The minimum Gasteiger partial charge on any atom is -0.391 e. The maximum Gasteiger partial charge on any atom is 0.0695 e. The molecule has 1 aliphatic carbocycles. The Hall–Kier alpha value is 0.270. The minimum absolute atomic E-state index is 0.0700. The lowest BCUT2D eigenvalue weighted by Gasteiger charge is -2.38. The van der Waals surface area contributed by atoms with E-state index >= 15 is 0 Å². The largest absolute Gasteiger partial charge is 0.391 e. The molecular weight excluding hydrogens is 194 g/mol. The Kier molecular flexibility index (Phi) is 3.74. The number of hydrogen-bond acceptors (Lipinski definition) is 3. The monoisotopic (exact) mass is 215 g/mol. The average Bonchev–Trinajstić information content (AvgIpc) is 2.70. The highest BCUT2D eigenvalue weighted by Gasteiger charge is 2.31. The van der Waals surface area contributed by atoms with Gasteiger partial charge in [-0.3, -0.25) is 4.90 Å². The van der Waals surface area contributed by atoms with Gasteiger partial charge in [0.15, 0.2) is 0 Å². The third-order valence-electron chi connectivity index (χ3n) is 3.70. The van der Waals surface area contributed by atoms with Crippen LogP contribution in [-0.2, 0) is 0 Å². The Bertz CT molecular complexity index is 182. The van der Waals surface area contributed by atoms with Gasteiger partial charge in [-0.15, -0.1) is 0 Å². The first kappa shape index (κ1) is 10.8. The first-order valence-electron chi connectivity index (χ1n) is 5.77. The molecule has 2 rings (SSSR count). The minimum atomic E-state index is -0.0700. The van der Waals surface area contributed by atoms with Crippen molar-refractivity contribution in [3.63, 3.8) is 0 Å². The Balaban J connectivity index is 1.91. The molecule has 0 radical (unpaired) electrons. The third-order valence-corrected chi connectivity index (χ3v) is 4.84. The molecule has 2 nitrogen and oxygen atoms in total. The van der Waals surface area contributed by atoms with Gasteiger partial charge in [-0.25, -0.2) is 0 Å². The molecular formula is C11H21NOS. The number of aliphatic hydroxyl groups is 1. The van der Waals surface area contributed by atoms with E-state index in [0.29, 0.717) is 6.04 Å². The van der Waals surface area contributed by atoms with E-state index in [1.54, 1.807) is 0 Å². The van der Waals surface area contributed by atoms with Crippen LogP contribution < -0.4 is 0 Å². The second kappa shape index (κ2) is 4.86. The van der Waals surface area contributed by atoms with E-state index in [-0.39, 0.29) is 6.10 Å². The van der Waals surface area contributed by atoms with Crippen LogP contribution in [0.5, 0.6) is 0 Å². The Labute approximate surface area is 91.1 Å². The second-order valence-corrected chi connectivity index (χ2v) is 5.75. The molecule has 1 aliphatic heterocycles. The second-order valence-electron chi connectivity index (χ2n) is 4.60. The van der Waals surface area contributed by atoms with Crippen LogP contribution in [0.2, 0.25) is 0 Å². The fraction of sp³-hybridized carbons (Fsp3) is 1.00. The standard InChI is InChI=1S/C11H21NOS/c1-12(9-6-7-14-8-9)10-4-2-3-5-11(10)13/h9-11,13H,2-8H2,1H3/t9?,10-,11-/m0/s1. The summed E-state index contributed by atoms with van der Waals surface area (Å²) in [6.07, 6.45) is 5.95. The summed E-state index contributed by atoms with van der Waals surface area (Å²) < 4.78 is 0. The molecule has 1 saturated carbocycles. The van der Waals surface area contributed by atoms with Crippen LogP contribution in [-0.4, -0.2) is 46.7 Å². The van der Waals surface area contributed by atoms with Gasteiger partial charge in [-0.1, -0.05) is 12.8 Å². The van der Waals surface area contributed by atoms with Crippen molar-refractivity contribution in [2.75, 3.05) is 18.6 Å². The van der Waals surface area contributed by atoms with E-state index in [0.717, 1.165) is 12.5 Å². The molecule has 0 aromatic rings. The lowest BCUT2D eigenvalue weighted by molar-refractivity contribution is 0.0173. The first-order valence-corrected chi connectivity index (χ1v) is 6.92. The van der Waals surface area contributed by atoms with Crippen molar-refractivity contribution in [2.45, 2.75) is 50.3 Å². The molecule has 1 unspecified atom stereocenters. The molecule has 1 N–H and O–H groups in total. The van der Waals surface area contributed by atoms with Crippen molar-refractivity contribution >= 4 is 11.8 Å². The van der Waals surface area contributed by atoms with Crippen LogP contribution in [0, 0.1) is 0 Å². The van der Waals surface area contributed by atoms with Gasteiger partial charge in [0, 0.05) is 17.8 Å². The summed E-state index contributed by atoms with van der Waals surface area (Å²) in [7, 11) is 2.20. The highest BCUT2D eigenvalue weighted by Crippen LogP contribution is 2.28. The smallest absolute Gasteiger partial charge is 0.0695 e. The molecule has 0 amide bonds. The summed E-state index contributed by atoms with van der Waals surface area (Å²) in [4.78, 5) is 2.45. The van der Waals surface area contributed by atoms with E-state index in [2.05, 4.69) is 23.7 Å². The van der Waals surface area contributed by atoms with E-state index in [4.69, 9.17) is 0 Å². The van der Waals surface area contributed by atoms with Crippen LogP contribution >= 0.6 is 11.8 Å². The lowest BCUT2D eigenvalue weighted by Crippen LogP contribution is -2.48. The van der Waals surface area contributed by atoms with Gasteiger partial charge in [0.05, 0.1) is 6.10 Å². The Morgan fingerprint density at radius 2 is 2.00 bits per heavy atom. The summed E-state index contributed by atoms with van der Waals surface area (Å²) in [6.45, 7) is 0. The van der Waals surface area contributed by atoms with Crippen molar-refractivity contribution in [1.82, 2.24) is 4.90 Å². The van der Waals surface area contributed by atoms with Crippen LogP contribution in [0.1, 0.15) is 32.1 Å². The summed E-state index contributed by atoms with van der Waals surface area (Å²) in [5.41, 5.74) is 0. The molecule has 3 heteroatoms. The molecule has 1 saturated heterocycles. The number of likely N-dealkylation sites (N-methyl/N-ethyl adjacent to an activating group) is 1. The topological polar surface area (TPSA) is 23.5 Å². The molecule has 14 heavy (non-hydrogen) atoms. The quantitative estimate of drug-likeness (QED) is 0.759. The van der Waals surface area contributed by atoms with Crippen molar-refractivity contribution in [1.29, 1.82) is 0 Å². The van der Waals surface area contributed by atoms with Crippen molar-refractivity contribution < 1.29 is 5.11 Å². The first-order chi connectivity index (χ1) is 6.79. The van der Waals surface area contributed by atoms with E-state index in [1.165, 1.54) is 37.2 Å². The van der Waals surface area contributed by atoms with Gasteiger partial charge < -0.3 is 5.11 Å². The van der Waals surface area contributed by atoms with Crippen LogP contribution in [0.15, 0.2) is 0 Å². The molecule has 3 atom stereocenters. The molecule has 82 valence electrons. The SMILES string of the molecule is CN(C1CCSC1)[C@H]1CCCC[C@@H]1O. The lowest BCUT2D eigenvalue weighted by atomic mass is 9.91. The molecule has 0 bridgehead atoms. The summed E-state index contributed by atoms with van der Waals surface area (Å²) >= 11 is 2.05. The Morgan fingerprint density at radius 1 is 1.21 bits per heavy atom. The number of hydrogen-bond donors (Lipinski definition) is 1. The van der Waals surface area contributed by atoms with E-state index in [1.807, 2.05) is 0 Å². The number of thioether (sulfide) groups is 1. The van der Waals surface area contributed by atoms with E-state index < -0.39 is 0 Å². The maximum atomic E-state index is 9.95. The predicted molar refractivity (Wildman–Crippen MR) is 61.8 cm³/mol. The number of rotatable bonds is 2. The summed E-state index contributed by atoms with van der Waals surface area (Å²) in [5, 5.41) is 9.95. The highest BCUT2D eigenvalue weighted by molar-refractivity contribution is 7.99. The fourth-order valence-corrected chi connectivity index (χ4v) is 3.96. The molecule has 1 heterocycles. The molecule has 2 aliphatic rings. The molecule has 0 aromatic heterocycles. The predicted octanol–water partition coefficient (Wildman–Crippen LogP) is 1.73. The summed E-state index contributed by atoms with van der Waals surface area (Å²) in [5.74, 6) is 2.57. The number of aliphatic hydroxyl groups excluding tert-OH is 1. The maximum absolute atomic E-state index is 9.95. The van der Waals surface area contributed by atoms with Gasteiger partial charge in [0.25, 0.3) is 0 Å². The Morgan fingerprint density at radius 3 is 2.64 bits per heavy atom. The van der Waals surface area contributed by atoms with Gasteiger partial charge in [-0.2, -0.15) is 11.8 Å². The number of nitrogens with zero attached hydrogens (tertiary/aromatic N) is 1. The van der Waals surface area contributed by atoms with Crippen molar-refractivity contribution in [3.05, 3.63) is 0 Å². The van der Waals surface area contributed by atoms with Gasteiger partial charge in [-0.05, 0) is 32.1 Å². The van der Waals surface area contributed by atoms with Crippen molar-refractivity contribution in [3.8, 4) is 0 Å². The molecule has 2 fully saturated rings. The van der Waals surface area contributed by atoms with Crippen molar-refractivity contribution in [2.24, 2.45) is 0 Å². The zero-order chi connectivity index (χ0) is 9.97. The zero-order valence-electron chi connectivity index (χ0n) is 8.98. The van der Waals surface area contributed by atoms with Gasteiger partial charge in [0.2, 0.25) is 0 Å². The van der Waals surface area contributed by atoms with Crippen LogP contribution in [0.25, 0.3) is 0 Å².